The minimum Gasteiger partial charge on any atom is -0.377 e. The Morgan fingerprint density at radius 2 is 2.21 bits per heavy atom. The summed E-state index contributed by atoms with van der Waals surface area (Å²) in [6.45, 7) is 2.17. The average Bonchev–Trinajstić information content (AvgIpc) is 2.33. The minimum atomic E-state index is -0.489. The maximum Gasteiger partial charge on any atom is 0.293 e. The van der Waals surface area contributed by atoms with Crippen molar-refractivity contribution in [1.82, 2.24) is 0 Å². The average molecular weight is 331 g/mol. The highest BCUT2D eigenvalue weighted by Gasteiger charge is 2.23. The highest BCUT2D eigenvalue weighted by molar-refractivity contribution is 9.10. The van der Waals surface area contributed by atoms with Crippen LogP contribution in [0.4, 0.5) is 15.8 Å². The number of nitrogens with zero attached hydrogens (tertiary/aromatic N) is 1. The molecule has 1 fully saturated rings. The topological polar surface area (TPSA) is 55.2 Å². The molecule has 6 heteroatoms. The Bertz CT molecular complexity index is 496. The van der Waals surface area contributed by atoms with Crippen molar-refractivity contribution in [3.8, 4) is 0 Å². The maximum absolute atomic E-state index is 13.5. The molecule has 0 heterocycles. The van der Waals surface area contributed by atoms with Crippen molar-refractivity contribution >= 4 is 27.3 Å². The Hall–Kier alpha value is -1.17. The number of anilines is 1. The van der Waals surface area contributed by atoms with E-state index < -0.39 is 10.7 Å². The molecule has 1 aliphatic rings. The van der Waals surface area contributed by atoms with E-state index in [1.165, 1.54) is 18.6 Å². The van der Waals surface area contributed by atoms with Crippen LogP contribution in [0.3, 0.4) is 0 Å². The highest BCUT2D eigenvalue weighted by Crippen LogP contribution is 2.33. The summed E-state index contributed by atoms with van der Waals surface area (Å²) >= 11 is 2.98. The molecule has 0 aliphatic heterocycles. The molecule has 1 aromatic rings. The summed E-state index contributed by atoms with van der Waals surface area (Å²) in [4.78, 5) is 10.5. The number of hydrogen-bond acceptors (Lipinski definition) is 3. The van der Waals surface area contributed by atoms with Crippen LogP contribution in [0.25, 0.3) is 0 Å². The van der Waals surface area contributed by atoms with E-state index in [4.69, 9.17) is 0 Å². The van der Waals surface area contributed by atoms with E-state index >= 15 is 0 Å². The number of nitro groups is 1. The van der Waals surface area contributed by atoms with E-state index in [0.717, 1.165) is 19.3 Å². The molecule has 1 saturated carbocycles. The van der Waals surface area contributed by atoms with Gasteiger partial charge in [-0.05, 0) is 34.7 Å². The summed E-state index contributed by atoms with van der Waals surface area (Å²) in [6, 6.07) is 2.59. The van der Waals surface area contributed by atoms with Crippen LogP contribution in [0.1, 0.15) is 32.6 Å². The van der Waals surface area contributed by atoms with Gasteiger partial charge in [-0.25, -0.2) is 4.39 Å². The second-order valence-electron chi connectivity index (χ2n) is 5.15. The molecule has 0 saturated heterocycles. The number of hydrogen-bond donors (Lipinski definition) is 1. The molecule has 4 nitrogen and oxygen atoms in total. The second-order valence-corrected chi connectivity index (χ2v) is 6.01. The molecule has 1 N–H and O–H groups in total. The fraction of sp³-hybridized carbons (Fsp3) is 0.538. The second kappa shape index (κ2) is 5.86. The molecule has 19 heavy (non-hydrogen) atoms. The Balaban J connectivity index is 2.23. The lowest BCUT2D eigenvalue weighted by Crippen LogP contribution is -2.26. The maximum atomic E-state index is 13.5. The third-order valence-electron chi connectivity index (χ3n) is 3.53. The smallest absolute Gasteiger partial charge is 0.293 e. The van der Waals surface area contributed by atoms with Gasteiger partial charge in [-0.15, -0.1) is 0 Å². The van der Waals surface area contributed by atoms with Crippen LogP contribution < -0.4 is 5.32 Å². The molecule has 2 rings (SSSR count). The summed E-state index contributed by atoms with van der Waals surface area (Å²) in [5.74, 6) is 0.113. The van der Waals surface area contributed by atoms with Crippen molar-refractivity contribution in [3.63, 3.8) is 0 Å². The molecule has 2 atom stereocenters. The SMILES string of the molecule is CC1CCCC(Nc2cc(F)c(Br)cc2[N+](=O)[O-])C1. The largest absolute Gasteiger partial charge is 0.377 e. The Kier molecular flexibility index (Phi) is 4.39. The summed E-state index contributed by atoms with van der Waals surface area (Å²) in [6.07, 6.45) is 4.23. The lowest BCUT2D eigenvalue weighted by Gasteiger charge is -2.28. The fourth-order valence-corrected chi connectivity index (χ4v) is 2.92. The van der Waals surface area contributed by atoms with Crippen molar-refractivity contribution in [2.45, 2.75) is 38.6 Å². The van der Waals surface area contributed by atoms with Crippen LogP contribution in [-0.4, -0.2) is 11.0 Å². The van der Waals surface area contributed by atoms with E-state index in [0.29, 0.717) is 5.92 Å². The minimum absolute atomic E-state index is 0.0912. The van der Waals surface area contributed by atoms with Gasteiger partial charge in [0.15, 0.2) is 0 Å². The highest BCUT2D eigenvalue weighted by atomic mass is 79.9. The third-order valence-corrected chi connectivity index (χ3v) is 4.14. The van der Waals surface area contributed by atoms with Crippen molar-refractivity contribution in [3.05, 3.63) is 32.5 Å². The van der Waals surface area contributed by atoms with Gasteiger partial charge in [0.1, 0.15) is 11.5 Å². The van der Waals surface area contributed by atoms with Gasteiger partial charge >= 0.3 is 0 Å². The van der Waals surface area contributed by atoms with E-state index in [9.17, 15) is 14.5 Å². The number of benzene rings is 1. The van der Waals surface area contributed by atoms with E-state index in [-0.39, 0.29) is 21.9 Å². The first-order valence-corrected chi connectivity index (χ1v) is 7.16. The lowest BCUT2D eigenvalue weighted by molar-refractivity contribution is -0.384. The number of nitro benzene ring substituents is 1. The van der Waals surface area contributed by atoms with Crippen molar-refractivity contribution in [2.24, 2.45) is 5.92 Å². The van der Waals surface area contributed by atoms with Gasteiger partial charge in [0.05, 0.1) is 9.40 Å². The molecule has 0 amide bonds. The van der Waals surface area contributed by atoms with Crippen LogP contribution in [-0.2, 0) is 0 Å². The van der Waals surface area contributed by atoms with Gasteiger partial charge < -0.3 is 5.32 Å². The number of nitrogens with one attached hydrogen (secondary N) is 1. The first-order valence-electron chi connectivity index (χ1n) is 6.37. The first-order chi connectivity index (χ1) is 8.97. The van der Waals surface area contributed by atoms with Gasteiger partial charge in [-0.2, -0.15) is 0 Å². The zero-order chi connectivity index (χ0) is 14.0. The van der Waals surface area contributed by atoms with Gasteiger partial charge in [-0.1, -0.05) is 19.8 Å². The molecule has 2 unspecified atom stereocenters. The normalized spacial score (nSPS) is 23.1. The monoisotopic (exact) mass is 330 g/mol. The molecular weight excluding hydrogens is 315 g/mol. The predicted octanol–water partition coefficient (Wildman–Crippen LogP) is 4.49. The summed E-state index contributed by atoms with van der Waals surface area (Å²) in [5, 5.41) is 14.1. The van der Waals surface area contributed by atoms with Crippen LogP contribution in [0.2, 0.25) is 0 Å². The molecule has 0 bridgehead atoms. The van der Waals surface area contributed by atoms with Crippen molar-refractivity contribution < 1.29 is 9.31 Å². The van der Waals surface area contributed by atoms with Gasteiger partial charge in [0.25, 0.3) is 5.69 Å². The zero-order valence-electron chi connectivity index (χ0n) is 10.7. The molecule has 0 radical (unpaired) electrons. The van der Waals surface area contributed by atoms with Crippen molar-refractivity contribution in [2.75, 3.05) is 5.32 Å². The van der Waals surface area contributed by atoms with Crippen LogP contribution in [0, 0.1) is 21.8 Å². The quantitative estimate of drug-likeness (QED) is 0.656. The van der Waals surface area contributed by atoms with Gasteiger partial charge in [-0.3, -0.25) is 10.1 Å². The zero-order valence-corrected chi connectivity index (χ0v) is 12.2. The van der Waals surface area contributed by atoms with Gasteiger partial charge in [0, 0.05) is 18.2 Å². The Labute approximate surface area is 119 Å². The molecule has 0 aromatic heterocycles. The van der Waals surface area contributed by atoms with Crippen LogP contribution >= 0.6 is 15.9 Å². The molecule has 0 spiro atoms. The van der Waals surface area contributed by atoms with E-state index in [2.05, 4.69) is 28.2 Å². The van der Waals surface area contributed by atoms with Crippen molar-refractivity contribution in [1.29, 1.82) is 0 Å². The standard InChI is InChI=1S/C13H16BrFN2O2/c1-8-3-2-4-9(5-8)16-12-7-11(15)10(14)6-13(12)17(18)19/h6-9,16H,2-5H2,1H3. The first kappa shape index (κ1) is 14.2. The molecular formula is C13H16BrFN2O2. The Morgan fingerprint density at radius 1 is 1.47 bits per heavy atom. The third kappa shape index (κ3) is 3.43. The molecule has 1 aromatic carbocycles. The number of halogens is 2. The summed E-state index contributed by atoms with van der Waals surface area (Å²) < 4.78 is 13.7. The van der Waals surface area contributed by atoms with Crippen LogP contribution in [0.15, 0.2) is 16.6 Å². The summed E-state index contributed by atoms with van der Waals surface area (Å²) in [7, 11) is 0. The Morgan fingerprint density at radius 3 is 2.84 bits per heavy atom. The van der Waals surface area contributed by atoms with E-state index in [1.54, 1.807) is 0 Å². The summed E-state index contributed by atoms with van der Waals surface area (Å²) in [5.41, 5.74) is 0.177. The number of rotatable bonds is 3. The molecule has 104 valence electrons. The lowest BCUT2D eigenvalue weighted by atomic mass is 9.87. The predicted molar refractivity (Wildman–Crippen MR) is 75.8 cm³/mol. The fourth-order valence-electron chi connectivity index (χ4n) is 2.59. The van der Waals surface area contributed by atoms with Crippen LogP contribution in [0.5, 0.6) is 0 Å². The van der Waals surface area contributed by atoms with E-state index in [1.807, 2.05) is 0 Å². The van der Waals surface area contributed by atoms with Gasteiger partial charge in [0.2, 0.25) is 0 Å². The molecule has 1 aliphatic carbocycles.